The Kier molecular flexibility index (Phi) is 7.00. The van der Waals surface area contributed by atoms with Crippen LogP contribution < -0.4 is 10.6 Å². The van der Waals surface area contributed by atoms with Gasteiger partial charge in [0.05, 0.1) is 17.9 Å². The molecule has 1 aliphatic carbocycles. The van der Waals surface area contributed by atoms with Crippen molar-refractivity contribution in [2.75, 3.05) is 23.8 Å². The van der Waals surface area contributed by atoms with Gasteiger partial charge in [0.15, 0.2) is 0 Å². The molecule has 2 N–H and O–H groups in total. The SMILES string of the molecule is CCOC(=O)c1ccccc1Nc1cc(NCCC2=CCCCC2)nc(C)n1. The number of aryl methyl sites for hydroxylation is 1. The summed E-state index contributed by atoms with van der Waals surface area (Å²) in [4.78, 5) is 21.1. The second kappa shape index (κ2) is 9.88. The maximum Gasteiger partial charge on any atom is 0.340 e. The van der Waals surface area contributed by atoms with Gasteiger partial charge in [-0.15, -0.1) is 0 Å². The van der Waals surface area contributed by atoms with Gasteiger partial charge in [-0.1, -0.05) is 23.8 Å². The Morgan fingerprint density at radius 3 is 2.79 bits per heavy atom. The lowest BCUT2D eigenvalue weighted by Crippen LogP contribution is -2.10. The van der Waals surface area contributed by atoms with Gasteiger partial charge >= 0.3 is 5.97 Å². The van der Waals surface area contributed by atoms with Gasteiger partial charge in [-0.2, -0.15) is 0 Å². The van der Waals surface area contributed by atoms with Crippen molar-refractivity contribution >= 4 is 23.3 Å². The van der Waals surface area contributed by atoms with E-state index in [-0.39, 0.29) is 5.97 Å². The van der Waals surface area contributed by atoms with Crippen LogP contribution in [-0.2, 0) is 4.74 Å². The van der Waals surface area contributed by atoms with Crippen LogP contribution in [0.3, 0.4) is 0 Å². The number of nitrogens with one attached hydrogen (secondary N) is 2. The number of aromatic nitrogens is 2. The number of rotatable bonds is 8. The molecule has 0 atom stereocenters. The minimum atomic E-state index is -0.351. The number of hydrogen-bond acceptors (Lipinski definition) is 6. The van der Waals surface area contributed by atoms with E-state index in [9.17, 15) is 4.79 Å². The number of esters is 1. The number of benzene rings is 1. The largest absolute Gasteiger partial charge is 0.462 e. The molecule has 0 radical (unpaired) electrons. The normalized spacial score (nSPS) is 13.6. The summed E-state index contributed by atoms with van der Waals surface area (Å²) in [6, 6.07) is 9.13. The molecule has 0 saturated carbocycles. The number of anilines is 3. The second-order valence-electron chi connectivity index (χ2n) is 6.86. The van der Waals surface area contributed by atoms with Crippen molar-refractivity contribution in [3.05, 3.63) is 53.4 Å². The first kappa shape index (κ1) is 19.9. The van der Waals surface area contributed by atoms with Gasteiger partial charge in [-0.25, -0.2) is 14.8 Å². The summed E-state index contributed by atoms with van der Waals surface area (Å²) in [6.07, 6.45) is 8.43. The van der Waals surface area contributed by atoms with Gasteiger partial charge in [0, 0.05) is 12.6 Å². The number of para-hydroxylation sites is 1. The van der Waals surface area contributed by atoms with Crippen LogP contribution in [0.1, 0.15) is 55.2 Å². The molecule has 0 spiro atoms. The summed E-state index contributed by atoms with van der Waals surface area (Å²) in [6.45, 7) is 4.84. The average molecular weight is 380 g/mol. The second-order valence-corrected chi connectivity index (χ2v) is 6.86. The lowest BCUT2D eigenvalue weighted by molar-refractivity contribution is 0.0527. The third kappa shape index (κ3) is 5.55. The lowest BCUT2D eigenvalue weighted by Gasteiger charge is -2.14. The molecule has 0 bridgehead atoms. The molecule has 3 rings (SSSR count). The Labute approximate surface area is 166 Å². The first-order valence-electron chi connectivity index (χ1n) is 9.96. The topological polar surface area (TPSA) is 76.1 Å². The predicted octanol–water partition coefficient (Wildman–Crippen LogP) is 5.01. The molecule has 1 heterocycles. The van der Waals surface area contributed by atoms with E-state index in [4.69, 9.17) is 4.74 Å². The fourth-order valence-electron chi connectivity index (χ4n) is 3.32. The summed E-state index contributed by atoms with van der Waals surface area (Å²) in [7, 11) is 0. The molecule has 0 unspecified atom stereocenters. The van der Waals surface area contributed by atoms with Crippen LogP contribution in [0.2, 0.25) is 0 Å². The highest BCUT2D eigenvalue weighted by molar-refractivity contribution is 5.96. The molecule has 28 heavy (non-hydrogen) atoms. The van der Waals surface area contributed by atoms with Crippen molar-refractivity contribution in [3.8, 4) is 0 Å². The number of nitrogens with zero attached hydrogens (tertiary/aromatic N) is 2. The van der Waals surface area contributed by atoms with Gasteiger partial charge in [0.2, 0.25) is 0 Å². The Morgan fingerprint density at radius 1 is 1.18 bits per heavy atom. The van der Waals surface area contributed by atoms with Crippen LogP contribution in [-0.4, -0.2) is 29.1 Å². The van der Waals surface area contributed by atoms with Gasteiger partial charge in [0.1, 0.15) is 17.5 Å². The van der Waals surface area contributed by atoms with Crippen LogP contribution >= 0.6 is 0 Å². The van der Waals surface area contributed by atoms with E-state index in [0.29, 0.717) is 29.5 Å². The summed E-state index contributed by atoms with van der Waals surface area (Å²) in [5.41, 5.74) is 2.68. The monoisotopic (exact) mass is 380 g/mol. The Hall–Kier alpha value is -2.89. The molecule has 6 nitrogen and oxygen atoms in total. The minimum Gasteiger partial charge on any atom is -0.462 e. The molecule has 148 valence electrons. The van der Waals surface area contributed by atoms with Crippen LogP contribution in [0.4, 0.5) is 17.3 Å². The molecule has 0 amide bonds. The van der Waals surface area contributed by atoms with Crippen molar-refractivity contribution in [1.82, 2.24) is 9.97 Å². The molecule has 0 fully saturated rings. The lowest BCUT2D eigenvalue weighted by atomic mass is 9.97. The fraction of sp³-hybridized carbons (Fsp3) is 0.409. The van der Waals surface area contributed by atoms with E-state index in [1.54, 1.807) is 13.0 Å². The van der Waals surface area contributed by atoms with Crippen LogP contribution in [0.5, 0.6) is 0 Å². The third-order valence-corrected chi connectivity index (χ3v) is 4.66. The van der Waals surface area contributed by atoms with Gasteiger partial charge < -0.3 is 15.4 Å². The van der Waals surface area contributed by atoms with Gasteiger partial charge in [-0.3, -0.25) is 0 Å². The number of carbonyl (C=O) groups is 1. The van der Waals surface area contributed by atoms with Crippen molar-refractivity contribution in [2.24, 2.45) is 0 Å². The summed E-state index contributed by atoms with van der Waals surface area (Å²) in [5, 5.41) is 6.62. The molecule has 0 saturated heterocycles. The fourth-order valence-corrected chi connectivity index (χ4v) is 3.32. The summed E-state index contributed by atoms with van der Waals surface area (Å²) < 4.78 is 5.14. The summed E-state index contributed by atoms with van der Waals surface area (Å²) >= 11 is 0. The highest BCUT2D eigenvalue weighted by Crippen LogP contribution is 2.23. The van der Waals surface area contributed by atoms with Crippen LogP contribution in [0.25, 0.3) is 0 Å². The van der Waals surface area contributed by atoms with Crippen molar-refractivity contribution in [1.29, 1.82) is 0 Å². The smallest absolute Gasteiger partial charge is 0.340 e. The quantitative estimate of drug-likeness (QED) is 0.495. The number of hydrogen-bond donors (Lipinski definition) is 2. The van der Waals surface area contributed by atoms with Crippen LogP contribution in [0, 0.1) is 6.92 Å². The highest BCUT2D eigenvalue weighted by Gasteiger charge is 2.13. The van der Waals surface area contributed by atoms with Gasteiger partial charge in [0.25, 0.3) is 0 Å². The highest BCUT2D eigenvalue weighted by atomic mass is 16.5. The molecular weight excluding hydrogens is 352 g/mol. The molecule has 6 heteroatoms. The first-order valence-corrected chi connectivity index (χ1v) is 9.96. The van der Waals surface area contributed by atoms with E-state index in [2.05, 4.69) is 26.7 Å². The maximum absolute atomic E-state index is 12.2. The zero-order valence-electron chi connectivity index (χ0n) is 16.6. The van der Waals surface area contributed by atoms with Crippen molar-refractivity contribution in [3.63, 3.8) is 0 Å². The zero-order chi connectivity index (χ0) is 19.8. The van der Waals surface area contributed by atoms with E-state index in [1.807, 2.05) is 31.2 Å². The maximum atomic E-state index is 12.2. The average Bonchev–Trinajstić information content (AvgIpc) is 2.69. The number of ether oxygens (including phenoxy) is 1. The van der Waals surface area contributed by atoms with Gasteiger partial charge in [-0.05, 0) is 58.1 Å². The standard InChI is InChI=1S/C22H28N4O2/c1-3-28-22(27)18-11-7-8-12-19(18)26-21-15-20(24-16(2)25-21)23-14-13-17-9-5-4-6-10-17/h7-9,11-12,15H,3-6,10,13-14H2,1-2H3,(H2,23,24,25,26). The van der Waals surface area contributed by atoms with E-state index < -0.39 is 0 Å². The van der Waals surface area contributed by atoms with Crippen molar-refractivity contribution < 1.29 is 9.53 Å². The number of allylic oxidation sites excluding steroid dienone is 1. The first-order chi connectivity index (χ1) is 13.7. The number of carbonyl (C=O) groups excluding carboxylic acids is 1. The zero-order valence-corrected chi connectivity index (χ0v) is 16.6. The molecule has 1 aliphatic rings. The van der Waals surface area contributed by atoms with Crippen molar-refractivity contribution in [2.45, 2.75) is 46.0 Å². The van der Waals surface area contributed by atoms with E-state index >= 15 is 0 Å². The molecule has 1 aromatic carbocycles. The predicted molar refractivity (Wildman–Crippen MR) is 112 cm³/mol. The Bertz CT molecular complexity index is 848. The third-order valence-electron chi connectivity index (χ3n) is 4.66. The Morgan fingerprint density at radius 2 is 2.00 bits per heavy atom. The van der Waals surface area contributed by atoms with E-state index in [0.717, 1.165) is 18.8 Å². The minimum absolute atomic E-state index is 0.338. The van der Waals surface area contributed by atoms with E-state index in [1.165, 1.54) is 31.3 Å². The molecule has 2 aromatic rings. The summed E-state index contributed by atoms with van der Waals surface area (Å²) in [5.74, 6) is 1.73. The van der Waals surface area contributed by atoms with Crippen LogP contribution in [0.15, 0.2) is 42.0 Å². The molecular formula is C22H28N4O2. The molecule has 1 aromatic heterocycles. The molecule has 0 aliphatic heterocycles. The Balaban J connectivity index is 1.68.